The van der Waals surface area contributed by atoms with E-state index in [1.54, 1.807) is 6.07 Å². The fourth-order valence-corrected chi connectivity index (χ4v) is 10.2. The number of para-hydroxylation sites is 2. The standard InChI is InChI=1S/C43H49F2N7O6S2/c1-41(2,3)34-38(54)52-22-27(19-32(52)36(53)50-43(21-29(43)35(44)45)39(55)51-60(56,57)28-15-16-28)58-37-33(47-30-13-6-7-14-31(30)48-37)25-12-8-10-24(18-25)11-9-17-42(4,5)20-26-23-59-40(46-26)49-34/h6-14,18,23,27-29,32,34-35H,15-17,19-22H2,1-5H3,(H,46,49)(H,50,53)(H,51,55)/b11-9+/t27-,29+,32+,34-,43-/m1/s1. The lowest BCUT2D eigenvalue weighted by atomic mass is 9.84. The van der Waals surface area contributed by atoms with Crippen LogP contribution in [0.4, 0.5) is 13.9 Å². The molecule has 3 amide bonds. The van der Waals surface area contributed by atoms with Crippen molar-refractivity contribution in [1.82, 2.24) is 29.9 Å². The minimum atomic E-state index is -4.12. The van der Waals surface area contributed by atoms with Gasteiger partial charge in [0.2, 0.25) is 34.1 Å². The summed E-state index contributed by atoms with van der Waals surface area (Å²) in [5.41, 5.74) is 1.10. The van der Waals surface area contributed by atoms with Crippen molar-refractivity contribution >= 4 is 61.3 Å². The smallest absolute Gasteiger partial charge is 0.259 e. The van der Waals surface area contributed by atoms with E-state index < -0.39 is 80.9 Å². The topological polar surface area (TPSA) is 173 Å². The molecule has 17 heteroatoms. The second-order valence-corrected chi connectivity index (χ2v) is 21.1. The second-order valence-electron chi connectivity index (χ2n) is 18.3. The van der Waals surface area contributed by atoms with Crippen molar-refractivity contribution in [2.45, 2.75) is 109 Å². The number of carbonyl (C=O) groups is 3. The van der Waals surface area contributed by atoms with E-state index in [9.17, 15) is 31.6 Å². The SMILES string of the molecule is CC1(C)C/C=C/c2cccc(c2)-c2nc3ccccc3nc2O[C@@H]2C[C@@H](C(=O)N[C@]3(C(=O)NS(=O)(=O)C4CC4)C[C@H]3C(F)F)N(C2)C(=O)[C@H](C(C)(C)C)Nc2nc(cs2)C1. The Morgan fingerprint density at radius 3 is 2.47 bits per heavy atom. The van der Waals surface area contributed by atoms with E-state index >= 15 is 0 Å². The molecule has 3 N–H and O–H groups in total. The summed E-state index contributed by atoms with van der Waals surface area (Å²) in [7, 11) is -4.12. The molecule has 2 aromatic heterocycles. The van der Waals surface area contributed by atoms with Gasteiger partial charge in [0.1, 0.15) is 29.4 Å². The number of allylic oxidation sites excluding steroid dienone is 1. The number of hydrogen-bond donors (Lipinski definition) is 3. The number of nitrogens with one attached hydrogen (secondary N) is 3. The third-order valence-electron chi connectivity index (χ3n) is 11.7. The van der Waals surface area contributed by atoms with Gasteiger partial charge in [0.25, 0.3) is 5.91 Å². The van der Waals surface area contributed by atoms with Crippen LogP contribution in [-0.4, -0.2) is 87.9 Å². The van der Waals surface area contributed by atoms with E-state index in [1.165, 1.54) is 16.2 Å². The van der Waals surface area contributed by atoms with Gasteiger partial charge in [-0.15, -0.1) is 11.3 Å². The molecule has 4 heterocycles. The monoisotopic (exact) mass is 861 g/mol. The molecule has 2 aliphatic carbocycles. The summed E-state index contributed by atoms with van der Waals surface area (Å²) >= 11 is 1.37. The lowest BCUT2D eigenvalue weighted by Crippen LogP contribution is -2.59. The molecule has 8 rings (SSSR count). The van der Waals surface area contributed by atoms with E-state index in [4.69, 9.17) is 19.7 Å². The number of halogens is 2. The van der Waals surface area contributed by atoms with Gasteiger partial charge in [0, 0.05) is 17.4 Å². The highest BCUT2D eigenvalue weighted by Crippen LogP contribution is 2.49. The first-order valence-electron chi connectivity index (χ1n) is 20.2. The highest BCUT2D eigenvalue weighted by atomic mass is 32.2. The largest absolute Gasteiger partial charge is 0.471 e. The van der Waals surface area contributed by atoms with Crippen molar-refractivity contribution in [3.63, 3.8) is 0 Å². The van der Waals surface area contributed by atoms with E-state index in [0.717, 1.165) is 23.2 Å². The van der Waals surface area contributed by atoms with Crippen LogP contribution in [0.1, 0.15) is 78.0 Å². The molecule has 318 valence electrons. The van der Waals surface area contributed by atoms with Gasteiger partial charge in [0.05, 0.1) is 34.4 Å². The van der Waals surface area contributed by atoms with Crippen LogP contribution in [0.5, 0.6) is 5.88 Å². The van der Waals surface area contributed by atoms with Crippen LogP contribution in [-0.2, 0) is 30.8 Å². The van der Waals surface area contributed by atoms with Gasteiger partial charge in [-0.3, -0.25) is 19.1 Å². The fourth-order valence-electron chi connectivity index (χ4n) is 8.08. The van der Waals surface area contributed by atoms with E-state index in [-0.39, 0.29) is 24.3 Å². The molecule has 60 heavy (non-hydrogen) atoms. The number of aromatic nitrogens is 3. The number of fused-ring (bicyclic) bond motifs is 9. The number of ether oxygens (including phenoxy) is 1. The number of sulfonamides is 1. The zero-order chi connectivity index (χ0) is 42.8. The molecule has 13 nitrogen and oxygen atoms in total. The summed E-state index contributed by atoms with van der Waals surface area (Å²) in [6.07, 6.45) is 1.90. The second kappa shape index (κ2) is 15.5. The summed E-state index contributed by atoms with van der Waals surface area (Å²) in [5.74, 6) is -4.03. The molecular formula is C43H49F2N7O6S2. The Hall–Kier alpha value is -5.03. The molecule has 2 saturated carbocycles. The third-order valence-corrected chi connectivity index (χ3v) is 14.3. The first kappa shape index (κ1) is 41.7. The molecule has 4 aromatic rings. The number of alkyl halides is 2. The molecule has 5 atom stereocenters. The molecule has 6 bridgehead atoms. The number of thiazole rings is 1. The maximum absolute atomic E-state index is 14.9. The lowest BCUT2D eigenvalue weighted by molar-refractivity contribution is -0.141. The highest BCUT2D eigenvalue weighted by Gasteiger charge is 2.67. The van der Waals surface area contributed by atoms with Crippen LogP contribution >= 0.6 is 11.3 Å². The van der Waals surface area contributed by atoms with Gasteiger partial charge in [-0.2, -0.15) is 0 Å². The zero-order valence-corrected chi connectivity index (χ0v) is 35.7. The fraction of sp³-hybridized carbons (Fsp3) is 0.488. The average molecular weight is 862 g/mol. The Kier molecular flexibility index (Phi) is 10.7. The Morgan fingerprint density at radius 2 is 1.78 bits per heavy atom. The van der Waals surface area contributed by atoms with Crippen molar-refractivity contribution in [2.75, 3.05) is 11.9 Å². The molecule has 2 aliphatic heterocycles. The Morgan fingerprint density at radius 1 is 1.05 bits per heavy atom. The summed E-state index contributed by atoms with van der Waals surface area (Å²) in [5, 5.41) is 7.54. The van der Waals surface area contributed by atoms with Crippen LogP contribution in [0.2, 0.25) is 0 Å². The van der Waals surface area contributed by atoms with Crippen LogP contribution in [0.15, 0.2) is 60.0 Å². The molecule has 0 spiro atoms. The highest BCUT2D eigenvalue weighted by molar-refractivity contribution is 7.91. The predicted octanol–water partition coefficient (Wildman–Crippen LogP) is 6.36. The van der Waals surface area contributed by atoms with Crippen LogP contribution in [0.25, 0.3) is 28.4 Å². The predicted molar refractivity (Wildman–Crippen MR) is 225 cm³/mol. The summed E-state index contributed by atoms with van der Waals surface area (Å²) in [4.78, 5) is 59.0. The van der Waals surface area contributed by atoms with Crippen molar-refractivity contribution in [1.29, 1.82) is 0 Å². The quantitative estimate of drug-likeness (QED) is 0.198. The van der Waals surface area contributed by atoms with E-state index in [0.29, 0.717) is 41.1 Å². The van der Waals surface area contributed by atoms with Crippen LogP contribution < -0.4 is 20.1 Å². The molecule has 0 radical (unpaired) electrons. The van der Waals surface area contributed by atoms with Crippen molar-refractivity contribution in [2.24, 2.45) is 16.7 Å². The number of anilines is 1. The number of nitrogens with zero attached hydrogens (tertiary/aromatic N) is 4. The Labute approximate surface area is 351 Å². The summed E-state index contributed by atoms with van der Waals surface area (Å²) in [6.45, 7) is 9.88. The maximum atomic E-state index is 14.9. The van der Waals surface area contributed by atoms with Crippen molar-refractivity contribution < 1.29 is 36.3 Å². The van der Waals surface area contributed by atoms with Gasteiger partial charge in [-0.1, -0.05) is 77.1 Å². The number of amides is 3. The summed E-state index contributed by atoms with van der Waals surface area (Å²) in [6, 6.07) is 12.9. The lowest BCUT2D eigenvalue weighted by Gasteiger charge is -2.35. The molecule has 2 aromatic carbocycles. The number of carbonyl (C=O) groups excluding carboxylic acids is 3. The Balaban J connectivity index is 1.19. The molecule has 1 saturated heterocycles. The molecule has 3 fully saturated rings. The summed E-state index contributed by atoms with van der Waals surface area (Å²) < 4.78 is 62.7. The first-order chi connectivity index (χ1) is 28.3. The number of hydrogen-bond acceptors (Lipinski definition) is 11. The number of benzene rings is 2. The normalized spacial score (nSPS) is 26.1. The van der Waals surface area contributed by atoms with Crippen LogP contribution in [0.3, 0.4) is 0 Å². The van der Waals surface area contributed by atoms with Gasteiger partial charge < -0.3 is 20.3 Å². The van der Waals surface area contributed by atoms with Crippen LogP contribution in [0, 0.1) is 16.7 Å². The third kappa shape index (κ3) is 8.60. The minimum Gasteiger partial charge on any atom is -0.471 e. The number of rotatable bonds is 6. The van der Waals surface area contributed by atoms with Gasteiger partial charge >= 0.3 is 0 Å². The Bertz CT molecular complexity index is 2480. The molecule has 0 unspecified atom stereocenters. The van der Waals surface area contributed by atoms with E-state index in [2.05, 4.69) is 36.6 Å². The van der Waals surface area contributed by atoms with Crippen molar-refractivity contribution in [3.05, 3.63) is 71.2 Å². The zero-order valence-electron chi connectivity index (χ0n) is 34.1. The minimum absolute atomic E-state index is 0.0982. The van der Waals surface area contributed by atoms with Gasteiger partial charge in [-0.25, -0.2) is 32.2 Å². The van der Waals surface area contributed by atoms with Gasteiger partial charge in [0.15, 0.2) is 5.13 Å². The van der Waals surface area contributed by atoms with E-state index in [1.807, 2.05) is 73.3 Å². The maximum Gasteiger partial charge on any atom is 0.259 e. The first-order valence-corrected chi connectivity index (χ1v) is 22.6. The molecule has 4 aliphatic rings. The van der Waals surface area contributed by atoms with Gasteiger partial charge in [-0.05, 0) is 66.7 Å². The van der Waals surface area contributed by atoms with Crippen molar-refractivity contribution in [3.8, 4) is 17.1 Å². The molecular weight excluding hydrogens is 813 g/mol. The average Bonchev–Trinajstić information content (AvgIpc) is 4.08.